The molecule has 6 heteroatoms. The van der Waals surface area contributed by atoms with Crippen LogP contribution in [0.5, 0.6) is 5.75 Å². The lowest BCUT2D eigenvalue weighted by atomic mass is 10.2. The smallest absolute Gasteiger partial charge is 0.257 e. The number of benzene rings is 1. The van der Waals surface area contributed by atoms with E-state index in [0.717, 1.165) is 11.3 Å². The van der Waals surface area contributed by atoms with E-state index in [4.69, 9.17) is 10.5 Å². The summed E-state index contributed by atoms with van der Waals surface area (Å²) in [5.74, 6) is 0.558. The van der Waals surface area contributed by atoms with E-state index in [1.165, 1.54) is 11.3 Å². The highest BCUT2D eigenvalue weighted by Gasteiger charge is 2.04. The van der Waals surface area contributed by atoms with Crippen LogP contribution in [0, 0.1) is 6.92 Å². The van der Waals surface area contributed by atoms with Gasteiger partial charge in [-0.2, -0.15) is 0 Å². The maximum absolute atomic E-state index is 11.6. The minimum absolute atomic E-state index is 0.0165. The standard InChI is InChI=1S/C14H17N3O2S/c1-10-3-2-4-12(7-10)19-8-13(18)16-6-5-11-9-20-14(15)17-11/h2-4,7,9H,5-6,8H2,1H3,(H2,15,17)(H,16,18). The summed E-state index contributed by atoms with van der Waals surface area (Å²) in [4.78, 5) is 15.7. The van der Waals surface area contributed by atoms with E-state index in [9.17, 15) is 4.79 Å². The van der Waals surface area contributed by atoms with Gasteiger partial charge >= 0.3 is 0 Å². The normalized spacial score (nSPS) is 10.2. The predicted molar refractivity (Wildman–Crippen MR) is 79.9 cm³/mol. The van der Waals surface area contributed by atoms with E-state index in [1.807, 2.05) is 36.6 Å². The van der Waals surface area contributed by atoms with Gasteiger partial charge in [0.05, 0.1) is 5.69 Å². The van der Waals surface area contributed by atoms with Crippen LogP contribution in [-0.4, -0.2) is 24.0 Å². The molecular weight excluding hydrogens is 274 g/mol. The number of nitrogen functional groups attached to an aromatic ring is 1. The Morgan fingerprint density at radius 2 is 2.35 bits per heavy atom. The van der Waals surface area contributed by atoms with Crippen LogP contribution in [-0.2, 0) is 11.2 Å². The van der Waals surface area contributed by atoms with Gasteiger partial charge in [-0.1, -0.05) is 12.1 Å². The van der Waals surface area contributed by atoms with Crippen LogP contribution in [0.1, 0.15) is 11.3 Å². The lowest BCUT2D eigenvalue weighted by molar-refractivity contribution is -0.123. The Balaban J connectivity index is 1.68. The number of amides is 1. The lowest BCUT2D eigenvalue weighted by Gasteiger charge is -2.07. The number of hydrogen-bond donors (Lipinski definition) is 2. The molecule has 0 aliphatic carbocycles. The Labute approximate surface area is 121 Å². The van der Waals surface area contributed by atoms with Crippen LogP contribution in [0.4, 0.5) is 5.13 Å². The van der Waals surface area contributed by atoms with Crippen molar-refractivity contribution in [2.75, 3.05) is 18.9 Å². The van der Waals surface area contributed by atoms with Crippen molar-refractivity contribution in [3.63, 3.8) is 0 Å². The van der Waals surface area contributed by atoms with Crippen LogP contribution in [0.3, 0.4) is 0 Å². The lowest BCUT2D eigenvalue weighted by Crippen LogP contribution is -2.30. The number of carbonyl (C=O) groups is 1. The van der Waals surface area contributed by atoms with Gasteiger partial charge < -0.3 is 15.8 Å². The van der Waals surface area contributed by atoms with Crippen LogP contribution >= 0.6 is 11.3 Å². The van der Waals surface area contributed by atoms with Crippen molar-refractivity contribution in [2.45, 2.75) is 13.3 Å². The van der Waals surface area contributed by atoms with E-state index < -0.39 is 0 Å². The van der Waals surface area contributed by atoms with Gasteiger partial charge in [0.2, 0.25) is 0 Å². The average Bonchev–Trinajstić information content (AvgIpc) is 2.82. The quantitative estimate of drug-likeness (QED) is 0.850. The fourth-order valence-electron chi connectivity index (χ4n) is 1.67. The fourth-order valence-corrected chi connectivity index (χ4v) is 2.27. The number of aryl methyl sites for hydroxylation is 1. The molecule has 1 aromatic carbocycles. The van der Waals surface area contributed by atoms with Gasteiger partial charge in [0.25, 0.3) is 5.91 Å². The van der Waals surface area contributed by atoms with Gasteiger partial charge in [-0.15, -0.1) is 11.3 Å². The molecule has 0 unspecified atom stereocenters. The number of nitrogens with two attached hydrogens (primary N) is 1. The van der Waals surface area contributed by atoms with Gasteiger partial charge in [0.15, 0.2) is 11.7 Å². The monoisotopic (exact) mass is 291 g/mol. The Bertz CT molecular complexity index is 583. The first kappa shape index (κ1) is 14.3. The minimum Gasteiger partial charge on any atom is -0.484 e. The first-order valence-corrected chi connectivity index (χ1v) is 7.17. The van der Waals surface area contributed by atoms with E-state index >= 15 is 0 Å². The molecule has 2 rings (SSSR count). The van der Waals surface area contributed by atoms with Crippen LogP contribution in [0.25, 0.3) is 0 Å². The molecule has 0 saturated heterocycles. The number of aromatic nitrogens is 1. The molecule has 0 spiro atoms. The Morgan fingerprint density at radius 1 is 1.50 bits per heavy atom. The Hall–Kier alpha value is -2.08. The molecule has 1 aromatic heterocycles. The zero-order valence-electron chi connectivity index (χ0n) is 11.3. The molecule has 0 aliphatic heterocycles. The topological polar surface area (TPSA) is 77.2 Å². The van der Waals surface area contributed by atoms with E-state index in [0.29, 0.717) is 23.8 Å². The molecule has 0 bridgehead atoms. The second-order valence-corrected chi connectivity index (χ2v) is 5.27. The first-order valence-electron chi connectivity index (χ1n) is 6.29. The van der Waals surface area contributed by atoms with Gasteiger partial charge in [0, 0.05) is 18.3 Å². The minimum atomic E-state index is -0.144. The summed E-state index contributed by atoms with van der Waals surface area (Å²) in [5.41, 5.74) is 7.53. The average molecular weight is 291 g/mol. The van der Waals surface area contributed by atoms with Crippen LogP contribution < -0.4 is 15.8 Å². The number of thiazole rings is 1. The third-order valence-electron chi connectivity index (χ3n) is 2.63. The van der Waals surface area contributed by atoms with Gasteiger partial charge in [0.1, 0.15) is 5.75 Å². The molecule has 5 nitrogen and oxygen atoms in total. The zero-order chi connectivity index (χ0) is 14.4. The highest BCUT2D eigenvalue weighted by Crippen LogP contribution is 2.12. The van der Waals surface area contributed by atoms with Crippen molar-refractivity contribution >= 4 is 22.4 Å². The highest BCUT2D eigenvalue weighted by molar-refractivity contribution is 7.13. The number of nitrogens with zero attached hydrogens (tertiary/aromatic N) is 1. The molecule has 1 amide bonds. The third-order valence-corrected chi connectivity index (χ3v) is 3.35. The summed E-state index contributed by atoms with van der Waals surface area (Å²) >= 11 is 1.40. The Kier molecular flexibility index (Phi) is 4.95. The van der Waals surface area contributed by atoms with Gasteiger partial charge in [-0.05, 0) is 24.6 Å². The zero-order valence-corrected chi connectivity index (χ0v) is 12.1. The summed E-state index contributed by atoms with van der Waals surface area (Å²) < 4.78 is 5.41. The van der Waals surface area contributed by atoms with E-state index in [1.54, 1.807) is 0 Å². The molecule has 0 atom stereocenters. The molecule has 1 heterocycles. The SMILES string of the molecule is Cc1cccc(OCC(=O)NCCc2csc(N)n2)c1. The van der Waals surface area contributed by atoms with Crippen molar-refractivity contribution in [3.05, 3.63) is 40.9 Å². The highest BCUT2D eigenvalue weighted by atomic mass is 32.1. The van der Waals surface area contributed by atoms with Crippen molar-refractivity contribution in [2.24, 2.45) is 0 Å². The number of rotatable bonds is 6. The molecule has 3 N–H and O–H groups in total. The molecule has 106 valence electrons. The summed E-state index contributed by atoms with van der Waals surface area (Å²) in [6.45, 7) is 2.52. The Morgan fingerprint density at radius 3 is 3.05 bits per heavy atom. The molecule has 0 aliphatic rings. The maximum Gasteiger partial charge on any atom is 0.257 e. The number of nitrogens with one attached hydrogen (secondary N) is 1. The first-order chi connectivity index (χ1) is 9.63. The number of anilines is 1. The number of ether oxygens (including phenoxy) is 1. The summed E-state index contributed by atoms with van der Waals surface area (Å²) in [5, 5.41) is 5.23. The summed E-state index contributed by atoms with van der Waals surface area (Å²) in [6.07, 6.45) is 0.671. The number of carbonyl (C=O) groups excluding carboxylic acids is 1. The number of hydrogen-bond acceptors (Lipinski definition) is 5. The second kappa shape index (κ2) is 6.91. The molecule has 0 saturated carbocycles. The molecular formula is C14H17N3O2S. The van der Waals surface area contributed by atoms with E-state index in [-0.39, 0.29) is 12.5 Å². The van der Waals surface area contributed by atoms with Crippen LogP contribution in [0.2, 0.25) is 0 Å². The molecule has 0 fully saturated rings. The largest absolute Gasteiger partial charge is 0.484 e. The van der Waals surface area contributed by atoms with Crippen molar-refractivity contribution < 1.29 is 9.53 Å². The van der Waals surface area contributed by atoms with Crippen molar-refractivity contribution in [3.8, 4) is 5.75 Å². The molecule has 0 radical (unpaired) electrons. The maximum atomic E-state index is 11.6. The van der Waals surface area contributed by atoms with E-state index in [2.05, 4.69) is 10.3 Å². The van der Waals surface area contributed by atoms with Crippen molar-refractivity contribution in [1.29, 1.82) is 0 Å². The third kappa shape index (κ3) is 4.55. The summed E-state index contributed by atoms with van der Waals surface area (Å²) in [7, 11) is 0. The van der Waals surface area contributed by atoms with Gasteiger partial charge in [-0.25, -0.2) is 4.98 Å². The van der Waals surface area contributed by atoms with Gasteiger partial charge in [-0.3, -0.25) is 4.79 Å². The van der Waals surface area contributed by atoms with Crippen LogP contribution in [0.15, 0.2) is 29.6 Å². The van der Waals surface area contributed by atoms with Crippen molar-refractivity contribution in [1.82, 2.24) is 10.3 Å². The fraction of sp³-hybridized carbons (Fsp3) is 0.286. The molecule has 20 heavy (non-hydrogen) atoms. The molecule has 2 aromatic rings. The predicted octanol–water partition coefficient (Wildman–Crippen LogP) is 1.77. The second-order valence-electron chi connectivity index (χ2n) is 4.38. The summed E-state index contributed by atoms with van der Waals surface area (Å²) in [6, 6.07) is 7.60.